The highest BCUT2D eigenvalue weighted by molar-refractivity contribution is 6.07. The van der Waals surface area contributed by atoms with Crippen LogP contribution in [0.5, 0.6) is 5.75 Å². The van der Waals surface area contributed by atoms with Crippen molar-refractivity contribution in [2.24, 2.45) is 0 Å². The average Bonchev–Trinajstić information content (AvgIpc) is 3.03. The lowest BCUT2D eigenvalue weighted by Crippen LogP contribution is -1.98. The number of benzene rings is 3. The van der Waals surface area contributed by atoms with Gasteiger partial charge in [-0.05, 0) is 53.3 Å². The molecule has 1 aliphatic rings. The third-order valence-corrected chi connectivity index (χ3v) is 4.30. The summed E-state index contributed by atoms with van der Waals surface area (Å²) in [6.07, 6.45) is 3.43. The molecule has 26 heavy (non-hydrogen) atoms. The number of carbonyl (C=O) groups is 1. The van der Waals surface area contributed by atoms with Crippen molar-refractivity contribution in [2.75, 3.05) is 7.11 Å². The number of hydrogen-bond acceptors (Lipinski definition) is 3. The molecule has 0 radical (unpaired) electrons. The maximum atomic E-state index is 13.1. The standard InChI is InChI=1S/C22H15FO3/c1-25-20-11-8-14-4-2-3-5-18(14)19(20)12-16-13-21(26-22(16)24)15-6-9-17(23)10-7-15/h2-13H,1H3/b16-12+. The Bertz CT molecular complexity index is 1060. The van der Waals surface area contributed by atoms with E-state index in [1.807, 2.05) is 36.4 Å². The molecular weight excluding hydrogens is 331 g/mol. The fraction of sp³-hybridized carbons (Fsp3) is 0.0455. The monoisotopic (exact) mass is 346 g/mol. The van der Waals surface area contributed by atoms with E-state index >= 15 is 0 Å². The van der Waals surface area contributed by atoms with Crippen LogP contribution < -0.4 is 4.74 Å². The maximum Gasteiger partial charge on any atom is 0.343 e. The Morgan fingerprint density at radius 2 is 1.77 bits per heavy atom. The van der Waals surface area contributed by atoms with E-state index in [0.717, 1.165) is 16.3 Å². The third-order valence-electron chi connectivity index (χ3n) is 4.30. The number of halogens is 1. The van der Waals surface area contributed by atoms with E-state index in [-0.39, 0.29) is 5.82 Å². The summed E-state index contributed by atoms with van der Waals surface area (Å²) in [7, 11) is 1.60. The molecule has 0 fully saturated rings. The largest absolute Gasteiger partial charge is 0.496 e. The van der Waals surface area contributed by atoms with Gasteiger partial charge in [0.15, 0.2) is 0 Å². The molecule has 0 saturated carbocycles. The molecule has 3 aromatic carbocycles. The number of rotatable bonds is 3. The summed E-state index contributed by atoms with van der Waals surface area (Å²) in [6, 6.07) is 17.6. The van der Waals surface area contributed by atoms with Crippen molar-refractivity contribution < 1.29 is 18.7 Å². The Morgan fingerprint density at radius 1 is 1.00 bits per heavy atom. The Labute approximate surface area is 150 Å². The fourth-order valence-corrected chi connectivity index (χ4v) is 3.00. The predicted octanol–water partition coefficient (Wildman–Crippen LogP) is 4.97. The SMILES string of the molecule is COc1ccc2ccccc2c1/C=C1\C=C(c2ccc(F)cc2)OC1=O. The van der Waals surface area contributed by atoms with E-state index in [1.165, 1.54) is 12.1 Å². The van der Waals surface area contributed by atoms with E-state index in [4.69, 9.17) is 9.47 Å². The summed E-state index contributed by atoms with van der Waals surface area (Å²) < 4.78 is 23.9. The highest BCUT2D eigenvalue weighted by Gasteiger charge is 2.23. The molecule has 0 bridgehead atoms. The van der Waals surface area contributed by atoms with Gasteiger partial charge in [0.2, 0.25) is 0 Å². The predicted molar refractivity (Wildman–Crippen MR) is 98.9 cm³/mol. The van der Waals surface area contributed by atoms with Gasteiger partial charge in [-0.25, -0.2) is 9.18 Å². The summed E-state index contributed by atoms with van der Waals surface area (Å²) in [6.45, 7) is 0. The van der Waals surface area contributed by atoms with Crippen LogP contribution in [0.2, 0.25) is 0 Å². The van der Waals surface area contributed by atoms with Crippen molar-refractivity contribution in [1.82, 2.24) is 0 Å². The van der Waals surface area contributed by atoms with Crippen molar-refractivity contribution in [3.05, 3.63) is 89.3 Å². The molecule has 4 rings (SSSR count). The second-order valence-electron chi connectivity index (χ2n) is 5.91. The van der Waals surface area contributed by atoms with Gasteiger partial charge < -0.3 is 9.47 Å². The zero-order chi connectivity index (χ0) is 18.1. The highest BCUT2D eigenvalue weighted by Crippen LogP contribution is 2.33. The van der Waals surface area contributed by atoms with Crippen LogP contribution in [0.1, 0.15) is 11.1 Å². The number of methoxy groups -OCH3 is 1. The van der Waals surface area contributed by atoms with Crippen LogP contribution in [0.25, 0.3) is 22.6 Å². The molecule has 0 N–H and O–H groups in total. The normalized spacial score (nSPS) is 15.2. The third kappa shape index (κ3) is 2.86. The van der Waals surface area contributed by atoms with E-state index < -0.39 is 5.97 Å². The molecule has 1 aliphatic heterocycles. The molecule has 4 heteroatoms. The lowest BCUT2D eigenvalue weighted by atomic mass is 10.0. The number of ether oxygens (including phenoxy) is 2. The molecule has 0 spiro atoms. The smallest absolute Gasteiger partial charge is 0.343 e. The Balaban J connectivity index is 1.82. The van der Waals surface area contributed by atoms with Crippen molar-refractivity contribution in [3.63, 3.8) is 0 Å². The fourth-order valence-electron chi connectivity index (χ4n) is 3.00. The first-order chi connectivity index (χ1) is 12.7. The van der Waals surface area contributed by atoms with Gasteiger partial charge >= 0.3 is 5.97 Å². The number of esters is 1. The van der Waals surface area contributed by atoms with Gasteiger partial charge in [-0.2, -0.15) is 0 Å². The van der Waals surface area contributed by atoms with Crippen molar-refractivity contribution >= 4 is 28.6 Å². The van der Waals surface area contributed by atoms with Crippen LogP contribution in [0, 0.1) is 5.82 Å². The quantitative estimate of drug-likeness (QED) is 0.496. The molecule has 0 unspecified atom stereocenters. The number of cyclic esters (lactones) is 1. The Hall–Kier alpha value is -3.40. The summed E-state index contributed by atoms with van der Waals surface area (Å²) in [5.74, 6) is 0.294. The van der Waals surface area contributed by atoms with Crippen LogP contribution in [0.4, 0.5) is 4.39 Å². The van der Waals surface area contributed by atoms with E-state index in [2.05, 4.69) is 0 Å². The molecule has 0 saturated heterocycles. The molecule has 0 aromatic heterocycles. The van der Waals surface area contributed by atoms with Gasteiger partial charge in [-0.1, -0.05) is 30.3 Å². The molecule has 0 amide bonds. The number of fused-ring (bicyclic) bond motifs is 1. The molecule has 3 nitrogen and oxygen atoms in total. The van der Waals surface area contributed by atoms with E-state index in [1.54, 1.807) is 31.4 Å². The Kier molecular flexibility index (Phi) is 4.01. The van der Waals surface area contributed by atoms with Gasteiger partial charge in [0, 0.05) is 11.1 Å². The van der Waals surface area contributed by atoms with E-state index in [0.29, 0.717) is 22.6 Å². The van der Waals surface area contributed by atoms with E-state index in [9.17, 15) is 9.18 Å². The van der Waals surface area contributed by atoms with Crippen molar-refractivity contribution in [2.45, 2.75) is 0 Å². The number of carbonyl (C=O) groups excluding carboxylic acids is 1. The minimum atomic E-state index is -0.445. The summed E-state index contributed by atoms with van der Waals surface area (Å²) in [4.78, 5) is 12.3. The zero-order valence-corrected chi connectivity index (χ0v) is 14.0. The second-order valence-corrected chi connectivity index (χ2v) is 5.91. The molecule has 0 atom stereocenters. The van der Waals surface area contributed by atoms with Crippen LogP contribution in [-0.2, 0) is 9.53 Å². The highest BCUT2D eigenvalue weighted by atomic mass is 19.1. The minimum absolute atomic E-state index is 0.338. The topological polar surface area (TPSA) is 35.5 Å². The van der Waals surface area contributed by atoms with Crippen LogP contribution in [0.3, 0.4) is 0 Å². The molecule has 3 aromatic rings. The van der Waals surface area contributed by atoms with Crippen molar-refractivity contribution in [3.8, 4) is 5.75 Å². The lowest BCUT2D eigenvalue weighted by Gasteiger charge is -2.09. The summed E-state index contributed by atoms with van der Waals surface area (Å²) >= 11 is 0. The number of hydrogen-bond donors (Lipinski definition) is 0. The second kappa shape index (κ2) is 6.48. The lowest BCUT2D eigenvalue weighted by molar-refractivity contribution is -0.130. The molecule has 1 heterocycles. The first-order valence-corrected chi connectivity index (χ1v) is 8.13. The Morgan fingerprint density at radius 3 is 2.54 bits per heavy atom. The minimum Gasteiger partial charge on any atom is -0.496 e. The van der Waals surface area contributed by atoms with Crippen LogP contribution in [-0.4, -0.2) is 13.1 Å². The summed E-state index contributed by atoms with van der Waals surface area (Å²) in [5, 5.41) is 2.03. The van der Waals surface area contributed by atoms with Gasteiger partial charge in [0.25, 0.3) is 0 Å². The van der Waals surface area contributed by atoms with Crippen LogP contribution in [0.15, 0.2) is 72.3 Å². The molecular formula is C22H15FO3. The first kappa shape index (κ1) is 16.1. The average molecular weight is 346 g/mol. The van der Waals surface area contributed by atoms with Gasteiger partial charge in [-0.15, -0.1) is 0 Å². The first-order valence-electron chi connectivity index (χ1n) is 8.13. The maximum absolute atomic E-state index is 13.1. The zero-order valence-electron chi connectivity index (χ0n) is 14.0. The van der Waals surface area contributed by atoms with Gasteiger partial charge in [0.05, 0.1) is 12.7 Å². The molecule has 0 aliphatic carbocycles. The van der Waals surface area contributed by atoms with Crippen LogP contribution >= 0.6 is 0 Å². The van der Waals surface area contributed by atoms with Gasteiger partial charge in [0.1, 0.15) is 17.3 Å². The molecule has 128 valence electrons. The summed E-state index contributed by atoms with van der Waals surface area (Å²) in [5.41, 5.74) is 1.88. The van der Waals surface area contributed by atoms with Gasteiger partial charge in [-0.3, -0.25) is 0 Å². The van der Waals surface area contributed by atoms with Crippen molar-refractivity contribution in [1.29, 1.82) is 0 Å².